The number of anilines is 1. The van der Waals surface area contributed by atoms with E-state index in [2.05, 4.69) is 21.2 Å². The van der Waals surface area contributed by atoms with Gasteiger partial charge in [0.05, 0.1) is 12.0 Å². The lowest BCUT2D eigenvalue weighted by molar-refractivity contribution is -0.126. The number of aliphatic hydroxyl groups excluding tert-OH is 1. The average molecular weight is 520 g/mol. The molecule has 3 aromatic rings. The van der Waals surface area contributed by atoms with Gasteiger partial charge >= 0.3 is 0 Å². The lowest BCUT2D eigenvalue weighted by atomic mass is 9.99. The molecule has 6 rings (SSSR count). The molecule has 3 atom stereocenters. The summed E-state index contributed by atoms with van der Waals surface area (Å²) in [5, 5.41) is 16.4. The molecule has 3 aliphatic rings. The number of halogens is 1. The maximum Gasteiger partial charge on any atom is 0.225 e. The van der Waals surface area contributed by atoms with Crippen molar-refractivity contribution in [1.29, 1.82) is 0 Å². The van der Waals surface area contributed by atoms with Crippen LogP contribution in [0.5, 0.6) is 11.5 Å². The molecule has 7 nitrogen and oxygen atoms in total. The number of carbonyl (C=O) groups excluding carboxylic acids is 1. The Balaban J connectivity index is 1.15. The summed E-state index contributed by atoms with van der Waals surface area (Å²) in [6, 6.07) is 15.8. The Morgan fingerprint density at radius 1 is 0.974 bits per heavy atom. The molecule has 2 saturated heterocycles. The SMILES string of the molecule is O=C(N[C@H](CN1CCCC1)[C@H](O)c1ccc2c(c1)OCCO2)C1CCN(c2ccc3cc(F)ccc3c2)C1. The van der Waals surface area contributed by atoms with Gasteiger partial charge < -0.3 is 29.7 Å². The van der Waals surface area contributed by atoms with E-state index in [-0.39, 0.29) is 17.6 Å². The lowest BCUT2D eigenvalue weighted by Crippen LogP contribution is -2.48. The van der Waals surface area contributed by atoms with Gasteiger partial charge in [0.2, 0.25) is 5.91 Å². The second-order valence-corrected chi connectivity index (χ2v) is 10.6. The first-order valence-corrected chi connectivity index (χ1v) is 13.6. The highest BCUT2D eigenvalue weighted by Crippen LogP contribution is 2.34. The van der Waals surface area contributed by atoms with Crippen molar-refractivity contribution in [2.24, 2.45) is 5.92 Å². The molecule has 0 radical (unpaired) electrons. The Labute approximate surface area is 222 Å². The highest BCUT2D eigenvalue weighted by atomic mass is 19.1. The van der Waals surface area contributed by atoms with E-state index in [9.17, 15) is 14.3 Å². The van der Waals surface area contributed by atoms with Crippen molar-refractivity contribution < 1.29 is 23.8 Å². The van der Waals surface area contributed by atoms with Crippen molar-refractivity contribution in [3.63, 3.8) is 0 Å². The molecule has 0 spiro atoms. The fourth-order valence-corrected chi connectivity index (χ4v) is 5.85. The second-order valence-electron chi connectivity index (χ2n) is 10.6. The van der Waals surface area contributed by atoms with Crippen molar-refractivity contribution in [1.82, 2.24) is 10.2 Å². The van der Waals surface area contributed by atoms with Gasteiger partial charge in [-0.05, 0) is 85.1 Å². The number of benzene rings is 3. The summed E-state index contributed by atoms with van der Waals surface area (Å²) >= 11 is 0. The zero-order valence-corrected chi connectivity index (χ0v) is 21.4. The number of fused-ring (bicyclic) bond motifs is 2. The normalized spacial score (nSPS) is 21.0. The number of amides is 1. The third-order valence-electron chi connectivity index (χ3n) is 7.98. The Kier molecular flexibility index (Phi) is 7.08. The number of carbonyl (C=O) groups is 1. The third kappa shape index (κ3) is 5.28. The number of nitrogens with one attached hydrogen (secondary N) is 1. The van der Waals surface area contributed by atoms with E-state index in [4.69, 9.17) is 9.47 Å². The van der Waals surface area contributed by atoms with Gasteiger partial charge in [-0.1, -0.05) is 18.2 Å². The zero-order chi connectivity index (χ0) is 26.1. The summed E-state index contributed by atoms with van der Waals surface area (Å²) in [5.41, 5.74) is 1.74. The predicted molar refractivity (Wildman–Crippen MR) is 144 cm³/mol. The van der Waals surface area contributed by atoms with Crippen LogP contribution >= 0.6 is 0 Å². The van der Waals surface area contributed by atoms with Crippen LogP contribution in [0.2, 0.25) is 0 Å². The standard InChI is InChI=1S/C30H34FN3O4/c31-24-6-3-21-16-25(7-4-20(21)15-24)34-12-9-23(18-34)30(36)32-26(19-33-10-1-2-11-33)29(35)22-5-8-27-28(17-22)38-14-13-37-27/h3-8,15-17,23,26,29,35H,1-2,9-14,18-19H2,(H,32,36)/t23?,26-,29-/m1/s1. The first-order chi connectivity index (χ1) is 18.5. The molecular weight excluding hydrogens is 485 g/mol. The Morgan fingerprint density at radius 2 is 1.74 bits per heavy atom. The van der Waals surface area contributed by atoms with Crippen LogP contribution in [-0.2, 0) is 4.79 Å². The summed E-state index contributed by atoms with van der Waals surface area (Å²) in [7, 11) is 0. The quantitative estimate of drug-likeness (QED) is 0.494. The molecule has 0 saturated carbocycles. The first kappa shape index (κ1) is 24.9. The number of hydrogen-bond donors (Lipinski definition) is 2. The van der Waals surface area contributed by atoms with Gasteiger partial charge in [0.15, 0.2) is 11.5 Å². The maximum absolute atomic E-state index is 13.6. The summed E-state index contributed by atoms with van der Waals surface area (Å²) in [6.07, 6.45) is 2.14. The van der Waals surface area contributed by atoms with Crippen molar-refractivity contribution in [3.05, 3.63) is 66.0 Å². The topological polar surface area (TPSA) is 74.3 Å². The Bertz CT molecular complexity index is 1310. The van der Waals surface area contributed by atoms with Crippen molar-refractivity contribution in [2.45, 2.75) is 31.4 Å². The zero-order valence-electron chi connectivity index (χ0n) is 21.4. The van der Waals surface area contributed by atoms with Crippen LogP contribution in [-0.4, -0.2) is 67.9 Å². The van der Waals surface area contributed by atoms with Crippen LogP contribution < -0.4 is 19.7 Å². The molecule has 2 fully saturated rings. The molecule has 38 heavy (non-hydrogen) atoms. The van der Waals surface area contributed by atoms with Gasteiger partial charge in [-0.15, -0.1) is 0 Å². The minimum absolute atomic E-state index is 0.0313. The van der Waals surface area contributed by atoms with Crippen LogP contribution in [0.3, 0.4) is 0 Å². The Morgan fingerprint density at radius 3 is 2.58 bits per heavy atom. The number of likely N-dealkylation sites (tertiary alicyclic amines) is 1. The number of aliphatic hydroxyl groups is 1. The predicted octanol–water partition coefficient (Wildman–Crippen LogP) is 3.89. The van der Waals surface area contributed by atoms with E-state index >= 15 is 0 Å². The molecule has 1 unspecified atom stereocenters. The molecule has 0 aromatic heterocycles. The van der Waals surface area contributed by atoms with Crippen molar-refractivity contribution >= 4 is 22.4 Å². The number of rotatable bonds is 7. The van der Waals surface area contributed by atoms with E-state index in [1.54, 1.807) is 6.07 Å². The third-order valence-corrected chi connectivity index (χ3v) is 7.98. The van der Waals surface area contributed by atoms with E-state index < -0.39 is 12.1 Å². The highest BCUT2D eigenvalue weighted by molar-refractivity contribution is 5.86. The largest absolute Gasteiger partial charge is 0.486 e. The molecule has 200 valence electrons. The van der Waals surface area contributed by atoms with Gasteiger partial charge in [0.25, 0.3) is 0 Å². The molecule has 8 heteroatoms. The molecule has 3 heterocycles. The van der Waals surface area contributed by atoms with E-state index in [0.717, 1.165) is 55.4 Å². The Hall–Kier alpha value is -3.36. The van der Waals surface area contributed by atoms with Crippen LogP contribution in [0.4, 0.5) is 10.1 Å². The highest BCUT2D eigenvalue weighted by Gasteiger charge is 2.33. The first-order valence-electron chi connectivity index (χ1n) is 13.6. The maximum atomic E-state index is 13.6. The van der Waals surface area contributed by atoms with Crippen molar-refractivity contribution in [2.75, 3.05) is 50.8 Å². The fraction of sp³-hybridized carbons (Fsp3) is 0.433. The van der Waals surface area contributed by atoms with E-state index in [1.807, 2.05) is 30.3 Å². The fourth-order valence-electron chi connectivity index (χ4n) is 5.85. The molecule has 0 bridgehead atoms. The summed E-state index contributed by atoms with van der Waals surface area (Å²) < 4.78 is 24.9. The lowest BCUT2D eigenvalue weighted by Gasteiger charge is -2.30. The number of nitrogens with zero attached hydrogens (tertiary/aromatic N) is 2. The van der Waals surface area contributed by atoms with Gasteiger partial charge in [0, 0.05) is 25.3 Å². The molecular formula is C30H34FN3O4. The van der Waals surface area contributed by atoms with E-state index in [1.165, 1.54) is 12.1 Å². The minimum Gasteiger partial charge on any atom is -0.486 e. The molecule has 3 aliphatic heterocycles. The molecule has 3 aromatic carbocycles. The number of ether oxygens (including phenoxy) is 2. The molecule has 2 N–H and O–H groups in total. The van der Waals surface area contributed by atoms with Gasteiger partial charge in [-0.25, -0.2) is 4.39 Å². The average Bonchev–Trinajstić information content (AvgIpc) is 3.64. The van der Waals surface area contributed by atoms with Gasteiger partial charge in [0.1, 0.15) is 25.1 Å². The minimum atomic E-state index is -0.867. The van der Waals surface area contributed by atoms with Crippen LogP contribution in [0, 0.1) is 11.7 Å². The van der Waals surface area contributed by atoms with Gasteiger partial charge in [-0.2, -0.15) is 0 Å². The number of hydrogen-bond acceptors (Lipinski definition) is 6. The smallest absolute Gasteiger partial charge is 0.225 e. The molecule has 0 aliphatic carbocycles. The van der Waals surface area contributed by atoms with Crippen LogP contribution in [0.25, 0.3) is 10.8 Å². The van der Waals surface area contributed by atoms with Crippen LogP contribution in [0.1, 0.15) is 30.9 Å². The summed E-state index contributed by atoms with van der Waals surface area (Å²) in [5.74, 6) is 0.856. The molecule has 1 amide bonds. The second kappa shape index (κ2) is 10.8. The monoisotopic (exact) mass is 519 g/mol. The van der Waals surface area contributed by atoms with Crippen LogP contribution in [0.15, 0.2) is 54.6 Å². The van der Waals surface area contributed by atoms with Crippen molar-refractivity contribution in [3.8, 4) is 11.5 Å². The van der Waals surface area contributed by atoms with E-state index in [0.29, 0.717) is 43.4 Å². The van der Waals surface area contributed by atoms with Gasteiger partial charge in [-0.3, -0.25) is 4.79 Å². The summed E-state index contributed by atoms with van der Waals surface area (Å²) in [6.45, 7) is 4.92. The summed E-state index contributed by atoms with van der Waals surface area (Å²) in [4.78, 5) is 18.0.